The third-order valence-electron chi connectivity index (χ3n) is 4.35. The fraction of sp³-hybridized carbons (Fsp3) is 0.714. The monoisotopic (exact) mass is 309 g/mol. The fourth-order valence-corrected chi connectivity index (χ4v) is 3.64. The van der Waals surface area contributed by atoms with Gasteiger partial charge in [-0.1, -0.05) is 11.3 Å². The van der Waals surface area contributed by atoms with Crippen LogP contribution in [-0.2, 0) is 0 Å². The molecule has 0 aromatic carbocycles. The van der Waals surface area contributed by atoms with Crippen LogP contribution in [0.4, 0.5) is 10.9 Å². The molecule has 2 aliphatic rings. The molecule has 1 unspecified atom stereocenters. The third kappa shape index (κ3) is 3.29. The summed E-state index contributed by atoms with van der Waals surface area (Å²) >= 11 is 1.39. The Kier molecular flexibility index (Phi) is 4.03. The number of hydrogen-bond acceptors (Lipinski definition) is 6. The topological polar surface area (TPSA) is 97.3 Å². The number of aromatic nitrogens is 1. The minimum Gasteiger partial charge on any atom is -0.382 e. The van der Waals surface area contributed by atoms with Crippen LogP contribution >= 0.6 is 11.3 Å². The number of nitrogens with two attached hydrogens (primary N) is 2. The SMILES string of the molecule is CC(NC(=O)c1sc(N2CCC(N)CC2)nc1N)C1CC1. The largest absolute Gasteiger partial charge is 0.382 e. The van der Waals surface area contributed by atoms with E-state index in [0.29, 0.717) is 16.6 Å². The van der Waals surface area contributed by atoms with Gasteiger partial charge < -0.3 is 21.7 Å². The minimum atomic E-state index is -0.0932. The summed E-state index contributed by atoms with van der Waals surface area (Å²) in [6.45, 7) is 3.82. The predicted octanol–water partition coefficient (Wildman–Crippen LogP) is 1.18. The first kappa shape index (κ1) is 14.6. The molecule has 1 amide bonds. The summed E-state index contributed by atoms with van der Waals surface area (Å²) in [6, 6.07) is 0.496. The zero-order chi connectivity index (χ0) is 15.0. The summed E-state index contributed by atoms with van der Waals surface area (Å²) in [4.78, 5) is 19.4. The number of piperidine rings is 1. The van der Waals surface area contributed by atoms with Gasteiger partial charge in [0.25, 0.3) is 5.91 Å². The number of nitrogen functional groups attached to an aromatic ring is 1. The lowest BCUT2D eigenvalue weighted by Crippen LogP contribution is -2.39. The summed E-state index contributed by atoms with van der Waals surface area (Å²) in [7, 11) is 0. The summed E-state index contributed by atoms with van der Waals surface area (Å²) in [5, 5.41) is 3.87. The maximum atomic E-state index is 12.3. The molecule has 6 nitrogen and oxygen atoms in total. The number of anilines is 2. The average Bonchev–Trinajstić information content (AvgIpc) is 3.23. The van der Waals surface area contributed by atoms with Gasteiger partial charge >= 0.3 is 0 Å². The molecule has 7 heteroatoms. The van der Waals surface area contributed by atoms with E-state index in [1.165, 1.54) is 24.2 Å². The molecule has 116 valence electrons. The van der Waals surface area contributed by atoms with E-state index >= 15 is 0 Å². The smallest absolute Gasteiger partial charge is 0.265 e. The summed E-state index contributed by atoms with van der Waals surface area (Å²) in [5.41, 5.74) is 11.8. The molecular weight excluding hydrogens is 286 g/mol. The molecule has 0 spiro atoms. The lowest BCUT2D eigenvalue weighted by molar-refractivity contribution is 0.0940. The van der Waals surface area contributed by atoms with Gasteiger partial charge in [-0.25, -0.2) is 4.98 Å². The first-order valence-electron chi connectivity index (χ1n) is 7.62. The number of rotatable bonds is 4. The third-order valence-corrected chi connectivity index (χ3v) is 5.48. The molecule has 1 aliphatic heterocycles. The van der Waals surface area contributed by atoms with E-state index in [2.05, 4.69) is 22.1 Å². The van der Waals surface area contributed by atoms with Gasteiger partial charge in [-0.15, -0.1) is 0 Å². The summed E-state index contributed by atoms with van der Waals surface area (Å²) in [5.74, 6) is 0.876. The fourth-order valence-electron chi connectivity index (χ4n) is 2.70. The summed E-state index contributed by atoms with van der Waals surface area (Å²) in [6.07, 6.45) is 4.33. The Morgan fingerprint density at radius 3 is 2.67 bits per heavy atom. The highest BCUT2D eigenvalue weighted by Gasteiger charge is 2.30. The van der Waals surface area contributed by atoms with Crippen molar-refractivity contribution < 1.29 is 4.79 Å². The number of carbonyl (C=O) groups is 1. The van der Waals surface area contributed by atoms with Gasteiger partial charge in [-0.2, -0.15) is 0 Å². The lowest BCUT2D eigenvalue weighted by Gasteiger charge is -2.29. The molecule has 3 rings (SSSR count). The van der Waals surface area contributed by atoms with Gasteiger partial charge in [0.05, 0.1) is 0 Å². The normalized spacial score (nSPS) is 21.3. The van der Waals surface area contributed by atoms with Crippen molar-refractivity contribution in [2.24, 2.45) is 11.7 Å². The van der Waals surface area contributed by atoms with Gasteiger partial charge in [0.2, 0.25) is 0 Å². The van der Waals surface area contributed by atoms with Crippen LogP contribution in [0.25, 0.3) is 0 Å². The van der Waals surface area contributed by atoms with Crippen molar-refractivity contribution in [3.63, 3.8) is 0 Å². The van der Waals surface area contributed by atoms with E-state index in [4.69, 9.17) is 11.5 Å². The molecule has 1 aliphatic carbocycles. The highest BCUT2D eigenvalue weighted by atomic mass is 32.1. The molecule has 1 atom stereocenters. The number of carbonyl (C=O) groups excluding carboxylic acids is 1. The van der Waals surface area contributed by atoms with Crippen LogP contribution in [-0.4, -0.2) is 36.1 Å². The first-order chi connectivity index (χ1) is 10.0. The zero-order valence-electron chi connectivity index (χ0n) is 12.3. The van der Waals surface area contributed by atoms with Crippen molar-refractivity contribution in [1.29, 1.82) is 0 Å². The number of nitrogens with zero attached hydrogens (tertiary/aromatic N) is 2. The Hall–Kier alpha value is -1.34. The van der Waals surface area contributed by atoms with Crippen LogP contribution in [0, 0.1) is 5.92 Å². The van der Waals surface area contributed by atoms with Crippen molar-refractivity contribution >= 4 is 28.2 Å². The van der Waals surface area contributed by atoms with Crippen molar-refractivity contribution in [2.75, 3.05) is 23.7 Å². The maximum Gasteiger partial charge on any atom is 0.265 e. The van der Waals surface area contributed by atoms with Gasteiger partial charge in [-0.3, -0.25) is 4.79 Å². The molecule has 21 heavy (non-hydrogen) atoms. The predicted molar refractivity (Wildman–Crippen MR) is 85.6 cm³/mol. The Morgan fingerprint density at radius 2 is 2.05 bits per heavy atom. The lowest BCUT2D eigenvalue weighted by atomic mass is 10.1. The van der Waals surface area contributed by atoms with Crippen LogP contribution < -0.4 is 21.7 Å². The second-order valence-corrected chi connectivity index (χ2v) is 7.11. The van der Waals surface area contributed by atoms with Crippen LogP contribution in [0.5, 0.6) is 0 Å². The van der Waals surface area contributed by atoms with E-state index in [1.54, 1.807) is 0 Å². The van der Waals surface area contributed by atoms with Crippen molar-refractivity contribution in [1.82, 2.24) is 10.3 Å². The summed E-state index contributed by atoms with van der Waals surface area (Å²) < 4.78 is 0. The van der Waals surface area contributed by atoms with E-state index in [0.717, 1.165) is 31.1 Å². The first-order valence-corrected chi connectivity index (χ1v) is 8.44. The quantitative estimate of drug-likeness (QED) is 0.776. The number of amides is 1. The zero-order valence-corrected chi connectivity index (χ0v) is 13.2. The van der Waals surface area contributed by atoms with E-state index in [-0.39, 0.29) is 18.0 Å². The molecule has 0 radical (unpaired) electrons. The number of thiazole rings is 1. The van der Waals surface area contributed by atoms with Gasteiger partial charge in [0.15, 0.2) is 5.13 Å². The molecule has 1 aromatic heterocycles. The van der Waals surface area contributed by atoms with Crippen LogP contribution in [0.1, 0.15) is 42.3 Å². The van der Waals surface area contributed by atoms with E-state index in [1.807, 2.05) is 0 Å². The van der Waals surface area contributed by atoms with Crippen molar-refractivity contribution in [3.8, 4) is 0 Å². The number of nitrogens with one attached hydrogen (secondary N) is 1. The molecule has 1 aromatic rings. The van der Waals surface area contributed by atoms with Crippen LogP contribution in [0.3, 0.4) is 0 Å². The molecular formula is C14H23N5OS. The Balaban J connectivity index is 1.67. The Labute approximate surface area is 128 Å². The number of hydrogen-bond donors (Lipinski definition) is 3. The van der Waals surface area contributed by atoms with Crippen LogP contribution in [0.2, 0.25) is 0 Å². The molecule has 0 bridgehead atoms. The highest BCUT2D eigenvalue weighted by Crippen LogP contribution is 2.33. The standard InChI is InChI=1S/C14H23N5OS/c1-8(9-2-3-9)17-13(20)11-12(16)18-14(21-11)19-6-4-10(15)5-7-19/h8-10H,2-7,15-16H2,1H3,(H,17,20). The Bertz CT molecular complexity index is 519. The molecule has 2 heterocycles. The highest BCUT2D eigenvalue weighted by molar-refractivity contribution is 7.18. The second kappa shape index (κ2) is 5.81. The average molecular weight is 309 g/mol. The molecule has 2 fully saturated rings. The second-order valence-electron chi connectivity index (χ2n) is 6.13. The van der Waals surface area contributed by atoms with E-state index in [9.17, 15) is 4.79 Å². The van der Waals surface area contributed by atoms with Gasteiger partial charge in [-0.05, 0) is 38.5 Å². The van der Waals surface area contributed by atoms with E-state index < -0.39 is 0 Å². The molecule has 5 N–H and O–H groups in total. The minimum absolute atomic E-state index is 0.0932. The van der Waals surface area contributed by atoms with Crippen molar-refractivity contribution in [2.45, 2.75) is 44.7 Å². The van der Waals surface area contributed by atoms with Gasteiger partial charge in [0, 0.05) is 25.2 Å². The van der Waals surface area contributed by atoms with Crippen LogP contribution in [0.15, 0.2) is 0 Å². The molecule has 1 saturated heterocycles. The van der Waals surface area contributed by atoms with Crippen molar-refractivity contribution in [3.05, 3.63) is 4.88 Å². The van der Waals surface area contributed by atoms with Gasteiger partial charge in [0.1, 0.15) is 10.7 Å². The maximum absolute atomic E-state index is 12.3. The Morgan fingerprint density at radius 1 is 1.38 bits per heavy atom. The molecule has 1 saturated carbocycles.